The van der Waals surface area contributed by atoms with E-state index in [0.717, 1.165) is 21.0 Å². The van der Waals surface area contributed by atoms with Gasteiger partial charge in [-0.1, -0.05) is 18.2 Å². The number of aromatic nitrogens is 1. The number of aliphatic hydroxyl groups excluding tert-OH is 1. The number of thiophene rings is 1. The first-order chi connectivity index (χ1) is 10.1. The highest BCUT2D eigenvalue weighted by Gasteiger charge is 2.20. The van der Waals surface area contributed by atoms with Gasteiger partial charge in [-0.15, -0.1) is 11.3 Å². The van der Waals surface area contributed by atoms with E-state index in [1.54, 1.807) is 13.2 Å². The van der Waals surface area contributed by atoms with Crippen LogP contribution in [0.25, 0.3) is 21.0 Å². The summed E-state index contributed by atoms with van der Waals surface area (Å²) >= 11 is 1.38. The van der Waals surface area contributed by atoms with E-state index < -0.39 is 0 Å². The molecule has 108 valence electrons. The van der Waals surface area contributed by atoms with Gasteiger partial charge in [-0.2, -0.15) is 0 Å². The molecule has 0 aliphatic rings. The maximum absolute atomic E-state index is 12.4. The van der Waals surface area contributed by atoms with Gasteiger partial charge in [-0.25, -0.2) is 0 Å². The second-order valence-electron chi connectivity index (χ2n) is 4.81. The lowest BCUT2D eigenvalue weighted by Crippen LogP contribution is -2.29. The van der Waals surface area contributed by atoms with Crippen LogP contribution < -0.4 is 5.73 Å². The molecule has 0 saturated carbocycles. The largest absolute Gasteiger partial charge is 0.397 e. The van der Waals surface area contributed by atoms with Crippen molar-refractivity contribution in [2.75, 3.05) is 25.9 Å². The molecule has 2 heterocycles. The number of amides is 1. The highest BCUT2D eigenvalue weighted by Crippen LogP contribution is 2.37. The molecule has 0 saturated heterocycles. The van der Waals surface area contributed by atoms with Gasteiger partial charge in [-0.05, 0) is 6.07 Å². The van der Waals surface area contributed by atoms with Crippen molar-refractivity contribution < 1.29 is 9.90 Å². The van der Waals surface area contributed by atoms with Crippen LogP contribution in [-0.4, -0.2) is 41.1 Å². The van der Waals surface area contributed by atoms with Crippen molar-refractivity contribution in [2.24, 2.45) is 0 Å². The summed E-state index contributed by atoms with van der Waals surface area (Å²) in [5, 5.41) is 10.8. The summed E-state index contributed by atoms with van der Waals surface area (Å²) in [6.07, 6.45) is 1.71. The Balaban J connectivity index is 2.19. The Labute approximate surface area is 125 Å². The average Bonchev–Trinajstić information content (AvgIpc) is 2.84. The molecule has 3 N–H and O–H groups in total. The molecule has 0 fully saturated rings. The summed E-state index contributed by atoms with van der Waals surface area (Å²) < 4.78 is 0.971. The number of carbonyl (C=O) groups excluding carboxylic acids is 1. The van der Waals surface area contributed by atoms with Crippen molar-refractivity contribution >= 4 is 43.9 Å². The first-order valence-electron chi connectivity index (χ1n) is 6.55. The van der Waals surface area contributed by atoms with E-state index in [1.807, 2.05) is 24.3 Å². The SMILES string of the molecule is CN(CCO)C(=O)c1sc2c(cnc3ccccc32)c1N. The average molecular weight is 301 g/mol. The van der Waals surface area contributed by atoms with Crippen molar-refractivity contribution in [2.45, 2.75) is 0 Å². The molecule has 0 unspecified atom stereocenters. The maximum atomic E-state index is 12.4. The third-order valence-electron chi connectivity index (χ3n) is 3.44. The minimum absolute atomic E-state index is 0.0719. The molecule has 1 amide bonds. The number of para-hydroxylation sites is 1. The molecule has 3 aromatic rings. The van der Waals surface area contributed by atoms with Crippen LogP contribution in [0.3, 0.4) is 0 Å². The van der Waals surface area contributed by atoms with Gasteiger partial charge in [-0.3, -0.25) is 9.78 Å². The Morgan fingerprint density at radius 3 is 2.90 bits per heavy atom. The minimum Gasteiger partial charge on any atom is -0.397 e. The number of aliphatic hydroxyl groups is 1. The summed E-state index contributed by atoms with van der Waals surface area (Å²) in [6.45, 7) is 0.211. The highest BCUT2D eigenvalue weighted by molar-refractivity contribution is 7.22. The van der Waals surface area contributed by atoms with Crippen LogP contribution in [0.1, 0.15) is 9.67 Å². The number of fused-ring (bicyclic) bond motifs is 3. The lowest BCUT2D eigenvalue weighted by molar-refractivity contribution is 0.0772. The predicted molar refractivity (Wildman–Crippen MR) is 85.6 cm³/mol. The number of rotatable bonds is 3. The van der Waals surface area contributed by atoms with E-state index in [1.165, 1.54) is 16.2 Å². The summed E-state index contributed by atoms with van der Waals surface area (Å²) in [4.78, 5) is 18.7. The Morgan fingerprint density at radius 2 is 2.14 bits per heavy atom. The molecule has 0 atom stereocenters. The van der Waals surface area contributed by atoms with Crippen LogP contribution in [0.15, 0.2) is 30.5 Å². The van der Waals surface area contributed by atoms with Crippen LogP contribution in [0.5, 0.6) is 0 Å². The predicted octanol–water partition coefficient (Wildman–Crippen LogP) is 2.10. The summed E-state index contributed by atoms with van der Waals surface area (Å²) in [5.41, 5.74) is 7.47. The third kappa shape index (κ3) is 2.22. The first-order valence-corrected chi connectivity index (χ1v) is 7.37. The second-order valence-corrected chi connectivity index (χ2v) is 5.83. The molecule has 0 aliphatic carbocycles. The van der Waals surface area contributed by atoms with E-state index in [4.69, 9.17) is 10.8 Å². The molecule has 2 aromatic heterocycles. The number of nitrogen functional groups attached to an aromatic ring is 1. The normalized spacial score (nSPS) is 11.1. The Kier molecular flexibility index (Phi) is 3.48. The van der Waals surface area contributed by atoms with Gasteiger partial charge in [0.05, 0.1) is 17.8 Å². The number of anilines is 1. The standard InChI is InChI=1S/C15H15N3O2S/c1-18(6-7-19)15(20)14-12(16)10-8-17-11-5-3-2-4-9(11)13(10)21-14/h2-5,8,19H,6-7,16H2,1H3. The molecule has 0 bridgehead atoms. The quantitative estimate of drug-likeness (QED) is 0.776. The van der Waals surface area contributed by atoms with Gasteiger partial charge in [0.2, 0.25) is 0 Å². The minimum atomic E-state index is -0.174. The fraction of sp³-hybridized carbons (Fsp3) is 0.200. The zero-order valence-electron chi connectivity index (χ0n) is 11.5. The van der Waals surface area contributed by atoms with E-state index in [-0.39, 0.29) is 19.1 Å². The number of pyridine rings is 1. The number of likely N-dealkylation sites (N-methyl/N-ethyl adjacent to an activating group) is 1. The zero-order valence-corrected chi connectivity index (χ0v) is 12.4. The maximum Gasteiger partial charge on any atom is 0.265 e. The number of carbonyl (C=O) groups is 1. The third-order valence-corrected chi connectivity index (χ3v) is 4.68. The van der Waals surface area contributed by atoms with E-state index >= 15 is 0 Å². The topological polar surface area (TPSA) is 79.5 Å². The Bertz CT molecular complexity index is 828. The second kappa shape index (κ2) is 5.31. The molecule has 6 heteroatoms. The van der Waals surface area contributed by atoms with Crippen molar-refractivity contribution in [1.29, 1.82) is 0 Å². The number of nitrogens with two attached hydrogens (primary N) is 1. The van der Waals surface area contributed by atoms with E-state index in [9.17, 15) is 4.79 Å². The summed E-state index contributed by atoms with van der Waals surface area (Å²) in [6, 6.07) is 7.79. The molecule has 0 spiro atoms. The summed E-state index contributed by atoms with van der Waals surface area (Å²) in [5.74, 6) is -0.174. The van der Waals surface area contributed by atoms with Crippen LogP contribution in [0.2, 0.25) is 0 Å². The van der Waals surface area contributed by atoms with Gasteiger partial charge < -0.3 is 15.7 Å². The van der Waals surface area contributed by atoms with Crippen LogP contribution in [-0.2, 0) is 0 Å². The Morgan fingerprint density at radius 1 is 1.38 bits per heavy atom. The number of hydrogen-bond acceptors (Lipinski definition) is 5. The van der Waals surface area contributed by atoms with Gasteiger partial charge >= 0.3 is 0 Å². The van der Waals surface area contributed by atoms with Crippen LogP contribution >= 0.6 is 11.3 Å². The van der Waals surface area contributed by atoms with Crippen molar-refractivity contribution in [3.8, 4) is 0 Å². The molecular formula is C15H15N3O2S. The molecule has 3 rings (SSSR count). The lowest BCUT2D eigenvalue weighted by Gasteiger charge is -2.14. The Hall–Kier alpha value is -2.18. The molecule has 5 nitrogen and oxygen atoms in total. The van der Waals surface area contributed by atoms with Gasteiger partial charge in [0.25, 0.3) is 5.91 Å². The zero-order chi connectivity index (χ0) is 15.0. The molecule has 0 aliphatic heterocycles. The van der Waals surface area contributed by atoms with Crippen molar-refractivity contribution in [3.63, 3.8) is 0 Å². The number of hydrogen-bond donors (Lipinski definition) is 2. The number of benzene rings is 1. The fourth-order valence-electron chi connectivity index (χ4n) is 2.28. The van der Waals surface area contributed by atoms with Crippen molar-refractivity contribution in [1.82, 2.24) is 9.88 Å². The number of nitrogens with zero attached hydrogens (tertiary/aromatic N) is 2. The van der Waals surface area contributed by atoms with E-state index in [0.29, 0.717) is 10.6 Å². The first kappa shape index (κ1) is 13.8. The lowest BCUT2D eigenvalue weighted by atomic mass is 10.1. The van der Waals surface area contributed by atoms with Crippen molar-refractivity contribution in [3.05, 3.63) is 35.3 Å². The van der Waals surface area contributed by atoms with Gasteiger partial charge in [0.15, 0.2) is 0 Å². The van der Waals surface area contributed by atoms with Crippen LogP contribution in [0, 0.1) is 0 Å². The summed E-state index contributed by atoms with van der Waals surface area (Å²) in [7, 11) is 1.65. The fourth-order valence-corrected chi connectivity index (χ4v) is 3.50. The van der Waals surface area contributed by atoms with Gasteiger partial charge in [0.1, 0.15) is 4.88 Å². The van der Waals surface area contributed by atoms with E-state index in [2.05, 4.69) is 4.98 Å². The monoisotopic (exact) mass is 301 g/mol. The molecule has 1 aromatic carbocycles. The smallest absolute Gasteiger partial charge is 0.265 e. The molecule has 0 radical (unpaired) electrons. The molecule has 21 heavy (non-hydrogen) atoms. The van der Waals surface area contributed by atoms with Gasteiger partial charge in [0, 0.05) is 35.3 Å². The van der Waals surface area contributed by atoms with Crippen LogP contribution in [0.4, 0.5) is 5.69 Å². The molecular weight excluding hydrogens is 286 g/mol. The highest BCUT2D eigenvalue weighted by atomic mass is 32.1.